The van der Waals surface area contributed by atoms with Crippen molar-refractivity contribution in [2.75, 3.05) is 0 Å². The first kappa shape index (κ1) is 16.1. The molecule has 0 aliphatic carbocycles. The van der Waals surface area contributed by atoms with Crippen LogP contribution in [0.3, 0.4) is 0 Å². The fourth-order valence-corrected chi connectivity index (χ4v) is 2.42. The molecule has 2 aromatic carbocycles. The zero-order valence-corrected chi connectivity index (χ0v) is 13.2. The number of hydrogen-bond acceptors (Lipinski definition) is 1. The third-order valence-corrected chi connectivity index (χ3v) is 3.72. The maximum absolute atomic E-state index is 13.1. The zero-order valence-electron chi connectivity index (χ0n) is 13.2. The lowest BCUT2D eigenvalue weighted by atomic mass is 10.0. The van der Waals surface area contributed by atoms with Crippen molar-refractivity contribution in [1.82, 2.24) is 4.98 Å². The molecule has 0 bridgehead atoms. The van der Waals surface area contributed by atoms with E-state index in [0.717, 1.165) is 17.2 Å². The molecule has 0 aliphatic heterocycles. The first-order valence-electron chi connectivity index (χ1n) is 7.41. The van der Waals surface area contributed by atoms with Crippen molar-refractivity contribution in [3.63, 3.8) is 0 Å². The van der Waals surface area contributed by atoms with Gasteiger partial charge in [0.05, 0.1) is 5.52 Å². The summed E-state index contributed by atoms with van der Waals surface area (Å²) in [6.45, 7) is 3.71. The Morgan fingerprint density at radius 1 is 0.917 bits per heavy atom. The minimum Gasteiger partial charge on any atom is -0.243 e. The molecule has 0 fully saturated rings. The second-order valence-electron chi connectivity index (χ2n) is 5.64. The number of aryl methyl sites for hydroxylation is 2. The van der Waals surface area contributed by atoms with Gasteiger partial charge in [-0.15, -0.1) is 0 Å². The van der Waals surface area contributed by atoms with E-state index in [9.17, 15) is 13.2 Å². The Kier molecular flexibility index (Phi) is 4.02. The van der Waals surface area contributed by atoms with E-state index in [1.54, 1.807) is 25.1 Å². The van der Waals surface area contributed by atoms with Crippen LogP contribution < -0.4 is 0 Å². The van der Waals surface area contributed by atoms with Gasteiger partial charge in [0.1, 0.15) is 5.69 Å². The van der Waals surface area contributed by atoms with E-state index in [0.29, 0.717) is 22.0 Å². The lowest BCUT2D eigenvalue weighted by Crippen LogP contribution is -2.09. The van der Waals surface area contributed by atoms with Gasteiger partial charge in [-0.3, -0.25) is 0 Å². The van der Waals surface area contributed by atoms with Crippen molar-refractivity contribution < 1.29 is 13.2 Å². The molecule has 0 unspecified atom stereocenters. The van der Waals surface area contributed by atoms with Crippen LogP contribution in [0.25, 0.3) is 10.9 Å². The zero-order chi connectivity index (χ0) is 17.3. The highest BCUT2D eigenvalue weighted by atomic mass is 19.4. The number of para-hydroxylation sites is 1. The van der Waals surface area contributed by atoms with Crippen LogP contribution in [-0.2, 0) is 6.18 Å². The number of nitrogens with zero attached hydrogens (tertiary/aromatic N) is 1. The van der Waals surface area contributed by atoms with Crippen molar-refractivity contribution in [2.24, 2.45) is 0 Å². The molecule has 0 saturated carbocycles. The molecule has 0 saturated heterocycles. The van der Waals surface area contributed by atoms with Gasteiger partial charge in [-0.05, 0) is 37.6 Å². The van der Waals surface area contributed by atoms with Gasteiger partial charge in [-0.25, -0.2) is 4.98 Å². The van der Waals surface area contributed by atoms with Gasteiger partial charge in [0.2, 0.25) is 0 Å². The highest BCUT2D eigenvalue weighted by molar-refractivity contribution is 5.87. The lowest BCUT2D eigenvalue weighted by molar-refractivity contribution is -0.141. The minimum absolute atomic E-state index is 0.330. The summed E-state index contributed by atoms with van der Waals surface area (Å²) in [7, 11) is 0. The molecule has 1 nitrogen and oxygen atoms in total. The van der Waals surface area contributed by atoms with E-state index < -0.39 is 11.9 Å². The summed E-state index contributed by atoms with van der Waals surface area (Å²) in [5.41, 5.74) is 2.29. The molecule has 120 valence electrons. The molecule has 0 aliphatic rings. The SMILES string of the molecule is Cc1ccc(C#Cc2cc(C(F)(F)F)nc3c(C)cccc23)cc1. The Bertz CT molecular complexity index is 958. The Labute approximate surface area is 138 Å². The van der Waals surface area contributed by atoms with E-state index in [-0.39, 0.29) is 0 Å². The monoisotopic (exact) mass is 325 g/mol. The molecule has 4 heteroatoms. The molecule has 24 heavy (non-hydrogen) atoms. The van der Waals surface area contributed by atoms with Crippen LogP contribution in [0.15, 0.2) is 48.5 Å². The molecule has 0 amide bonds. The van der Waals surface area contributed by atoms with Crippen molar-refractivity contribution in [3.8, 4) is 11.8 Å². The average molecular weight is 325 g/mol. The molecule has 1 heterocycles. The number of halogens is 3. The third kappa shape index (κ3) is 3.26. The number of rotatable bonds is 0. The predicted octanol–water partition coefficient (Wildman–Crippen LogP) is 5.27. The molecule has 3 aromatic rings. The fourth-order valence-electron chi connectivity index (χ4n) is 2.42. The Hall–Kier alpha value is -2.80. The van der Waals surface area contributed by atoms with Crippen LogP contribution in [0.2, 0.25) is 0 Å². The van der Waals surface area contributed by atoms with Gasteiger partial charge in [-0.2, -0.15) is 13.2 Å². The van der Waals surface area contributed by atoms with Crippen LogP contribution in [-0.4, -0.2) is 4.98 Å². The van der Waals surface area contributed by atoms with E-state index in [4.69, 9.17) is 0 Å². The normalized spacial score (nSPS) is 11.2. The Morgan fingerprint density at radius 2 is 1.62 bits per heavy atom. The number of fused-ring (bicyclic) bond motifs is 1. The third-order valence-electron chi connectivity index (χ3n) is 3.72. The molecular weight excluding hydrogens is 311 g/mol. The standard InChI is InChI=1S/C20H14F3N/c1-13-6-8-15(9-7-13)10-11-16-12-18(20(21,22)23)24-19-14(2)4-3-5-17(16)19/h3-9,12H,1-2H3. The summed E-state index contributed by atoms with van der Waals surface area (Å²) in [6.07, 6.45) is -4.50. The molecule has 1 aromatic heterocycles. The number of alkyl halides is 3. The van der Waals surface area contributed by atoms with Crippen molar-refractivity contribution in [3.05, 3.63) is 76.5 Å². The fraction of sp³-hybridized carbons (Fsp3) is 0.150. The van der Waals surface area contributed by atoms with Crippen LogP contribution >= 0.6 is 0 Å². The minimum atomic E-state index is -4.50. The maximum Gasteiger partial charge on any atom is 0.433 e. The van der Waals surface area contributed by atoms with Gasteiger partial charge >= 0.3 is 6.18 Å². The van der Waals surface area contributed by atoms with Crippen LogP contribution in [0.1, 0.15) is 27.9 Å². The summed E-state index contributed by atoms with van der Waals surface area (Å²) < 4.78 is 39.4. The van der Waals surface area contributed by atoms with E-state index in [1.165, 1.54) is 0 Å². The quantitative estimate of drug-likeness (QED) is 0.513. The first-order valence-corrected chi connectivity index (χ1v) is 7.41. The first-order chi connectivity index (χ1) is 11.3. The molecule has 0 atom stereocenters. The van der Waals surface area contributed by atoms with Gasteiger partial charge in [0, 0.05) is 16.5 Å². The lowest BCUT2D eigenvalue weighted by Gasteiger charge is -2.10. The molecule has 0 N–H and O–H groups in total. The predicted molar refractivity (Wildman–Crippen MR) is 88.6 cm³/mol. The number of hydrogen-bond donors (Lipinski definition) is 0. The number of aromatic nitrogens is 1. The highest BCUT2D eigenvalue weighted by Crippen LogP contribution is 2.31. The number of benzene rings is 2. The van der Waals surface area contributed by atoms with Gasteiger partial charge in [0.25, 0.3) is 0 Å². The molecule has 3 rings (SSSR count). The van der Waals surface area contributed by atoms with E-state index >= 15 is 0 Å². The van der Waals surface area contributed by atoms with Gasteiger partial charge in [-0.1, -0.05) is 47.7 Å². The summed E-state index contributed by atoms with van der Waals surface area (Å²) >= 11 is 0. The topological polar surface area (TPSA) is 12.9 Å². The van der Waals surface area contributed by atoms with Crippen molar-refractivity contribution in [1.29, 1.82) is 0 Å². The second-order valence-corrected chi connectivity index (χ2v) is 5.64. The smallest absolute Gasteiger partial charge is 0.243 e. The summed E-state index contributed by atoms with van der Waals surface area (Å²) in [4.78, 5) is 3.78. The van der Waals surface area contributed by atoms with Gasteiger partial charge in [0.15, 0.2) is 0 Å². The summed E-state index contributed by atoms with van der Waals surface area (Å²) in [5.74, 6) is 5.81. The highest BCUT2D eigenvalue weighted by Gasteiger charge is 2.33. The average Bonchev–Trinajstić information content (AvgIpc) is 2.53. The van der Waals surface area contributed by atoms with Crippen LogP contribution in [0, 0.1) is 25.7 Å². The van der Waals surface area contributed by atoms with Crippen molar-refractivity contribution in [2.45, 2.75) is 20.0 Å². The van der Waals surface area contributed by atoms with Crippen LogP contribution in [0.5, 0.6) is 0 Å². The maximum atomic E-state index is 13.1. The largest absolute Gasteiger partial charge is 0.433 e. The summed E-state index contributed by atoms with van der Waals surface area (Å²) in [6, 6.07) is 13.8. The number of pyridine rings is 1. The Balaban J connectivity index is 2.19. The van der Waals surface area contributed by atoms with E-state index in [2.05, 4.69) is 16.8 Å². The Morgan fingerprint density at radius 3 is 2.29 bits per heavy atom. The van der Waals surface area contributed by atoms with Gasteiger partial charge < -0.3 is 0 Å². The summed E-state index contributed by atoms with van der Waals surface area (Å²) in [5, 5.41) is 0.627. The molecular formula is C20H14F3N. The molecule has 0 spiro atoms. The van der Waals surface area contributed by atoms with E-state index in [1.807, 2.05) is 31.2 Å². The van der Waals surface area contributed by atoms with Crippen molar-refractivity contribution >= 4 is 10.9 Å². The molecule has 0 radical (unpaired) electrons. The van der Waals surface area contributed by atoms with Crippen LogP contribution in [0.4, 0.5) is 13.2 Å². The second kappa shape index (κ2) is 6.01.